The van der Waals surface area contributed by atoms with Gasteiger partial charge in [-0.25, -0.2) is 22.5 Å². The van der Waals surface area contributed by atoms with Crippen LogP contribution in [-0.2, 0) is 12.7 Å². The van der Waals surface area contributed by atoms with Gasteiger partial charge in [-0.15, -0.1) is 11.3 Å². The molecule has 4 N–H and O–H groups in total. The van der Waals surface area contributed by atoms with Crippen molar-refractivity contribution >= 4 is 49.0 Å². The topological polar surface area (TPSA) is 139 Å². The van der Waals surface area contributed by atoms with E-state index in [9.17, 15) is 31.6 Å². The summed E-state index contributed by atoms with van der Waals surface area (Å²) in [4.78, 5) is 15.7. The summed E-state index contributed by atoms with van der Waals surface area (Å²) >= 11 is 0.649. The molecule has 54 heavy (non-hydrogen) atoms. The molecule has 10 nitrogen and oxygen atoms in total. The number of anilines is 3. The van der Waals surface area contributed by atoms with Gasteiger partial charge in [0.25, 0.3) is 0 Å². The minimum atomic E-state index is -5.22. The molecule has 0 bridgehead atoms. The number of aromatic nitrogens is 3. The number of nitrogen functional groups attached to an aromatic ring is 2. The predicted octanol–water partition coefficient (Wildman–Crippen LogP) is 8.01. The first-order valence-electron chi connectivity index (χ1n) is 17.1. The highest BCUT2D eigenvalue weighted by molar-refractivity contribution is 7.23. The fraction of sp³-hybridized carbons (Fsp3) is 0.389. The lowest BCUT2D eigenvalue weighted by atomic mass is 9.91. The van der Waals surface area contributed by atoms with E-state index in [1.165, 1.54) is 24.9 Å². The van der Waals surface area contributed by atoms with E-state index in [0.717, 1.165) is 37.4 Å². The van der Waals surface area contributed by atoms with Gasteiger partial charge in [-0.1, -0.05) is 19.9 Å². The van der Waals surface area contributed by atoms with Crippen LogP contribution in [-0.4, -0.2) is 65.4 Å². The Bertz CT molecular complexity index is 2250. The highest BCUT2D eigenvalue weighted by Crippen LogP contribution is 2.53. The standard InChI is InChI=1S/C27H17F6N7O2S.C7H12FN.C2H6/c1-41-26-38-20-17-21(42-5-4-40(25(17)39-26)9-10-6-11(28)8-37-23(10)35)18(27(31,32)33)16(19(20)30)12-2-3-14(29)22-15(12)13(7-34)24(36)43-22;8-6-4-7-2-1-3-9(7)5-6;1-2/h2-3,6,8H,4-5,9,36H2,1H3,(H2,35,37);6-7H,1-5H2;1-2H3. The monoisotopic (exact) mass is 776 g/mol. The average Bonchev–Trinajstić information content (AvgIpc) is 3.79. The Balaban J connectivity index is 0.000000388. The molecule has 18 heteroatoms. The van der Waals surface area contributed by atoms with Crippen molar-refractivity contribution in [1.29, 1.82) is 5.26 Å². The van der Waals surface area contributed by atoms with Gasteiger partial charge in [0, 0.05) is 35.6 Å². The molecule has 2 aromatic carbocycles. The van der Waals surface area contributed by atoms with Gasteiger partial charge in [0.05, 0.1) is 35.5 Å². The summed E-state index contributed by atoms with van der Waals surface area (Å²) in [7, 11) is 1.18. The Hall–Kier alpha value is -5.15. The average molecular weight is 777 g/mol. The zero-order valence-electron chi connectivity index (χ0n) is 29.3. The number of pyridine rings is 1. The molecule has 0 amide bonds. The molecule has 2 unspecified atom stereocenters. The number of hydrogen-bond acceptors (Lipinski definition) is 11. The Morgan fingerprint density at radius 2 is 1.87 bits per heavy atom. The maximum atomic E-state index is 16.7. The summed E-state index contributed by atoms with van der Waals surface area (Å²) in [6, 6.07) is 4.91. The van der Waals surface area contributed by atoms with Gasteiger partial charge < -0.3 is 25.8 Å². The van der Waals surface area contributed by atoms with Crippen LogP contribution in [0.1, 0.15) is 49.8 Å². The van der Waals surface area contributed by atoms with Crippen LogP contribution in [0, 0.1) is 28.8 Å². The minimum absolute atomic E-state index is 0.0368. The molecule has 5 aromatic rings. The number of thiophene rings is 1. The molecule has 0 spiro atoms. The molecule has 2 saturated heterocycles. The van der Waals surface area contributed by atoms with E-state index < -0.39 is 69.2 Å². The summed E-state index contributed by atoms with van der Waals surface area (Å²) < 4.78 is 114. The number of nitrogens with two attached hydrogens (primary N) is 2. The molecule has 8 rings (SSSR count). The Kier molecular flexibility index (Phi) is 10.9. The summed E-state index contributed by atoms with van der Waals surface area (Å²) in [6.07, 6.45) is -1.51. The lowest BCUT2D eigenvalue weighted by Crippen LogP contribution is -2.28. The summed E-state index contributed by atoms with van der Waals surface area (Å²) in [5.41, 5.74) is 8.09. The predicted molar refractivity (Wildman–Crippen MR) is 192 cm³/mol. The third-order valence-corrected chi connectivity index (χ3v) is 10.4. The zero-order chi connectivity index (χ0) is 39.1. The van der Waals surface area contributed by atoms with Crippen molar-refractivity contribution in [2.24, 2.45) is 0 Å². The first-order chi connectivity index (χ1) is 25.8. The third-order valence-electron chi connectivity index (χ3n) is 9.36. The highest BCUT2D eigenvalue weighted by Gasteiger charge is 2.44. The quantitative estimate of drug-likeness (QED) is 0.173. The van der Waals surface area contributed by atoms with Gasteiger partial charge in [0.2, 0.25) is 0 Å². The molecule has 0 radical (unpaired) electrons. The van der Waals surface area contributed by atoms with E-state index in [0.29, 0.717) is 23.9 Å². The van der Waals surface area contributed by atoms with Crippen LogP contribution in [0.4, 0.5) is 47.4 Å². The SMILES string of the molecule is CC.COc1nc2c3c(c(C(F)(F)F)c(-c4ccc(F)c5sc(N)c(C#N)c45)c(F)c3n1)OCCN2Cc1cc(F)cnc1N.FC1CC2CCCN2C1. The Labute approximate surface area is 309 Å². The van der Waals surface area contributed by atoms with Crippen molar-refractivity contribution in [1.82, 2.24) is 19.9 Å². The van der Waals surface area contributed by atoms with Gasteiger partial charge >= 0.3 is 12.2 Å². The molecule has 3 aromatic heterocycles. The van der Waals surface area contributed by atoms with Crippen LogP contribution in [0.15, 0.2) is 24.4 Å². The smallest absolute Gasteiger partial charge is 0.420 e. The van der Waals surface area contributed by atoms with E-state index >= 15 is 4.39 Å². The molecular weight excluding hydrogens is 742 g/mol. The number of hydrogen-bond donors (Lipinski definition) is 2. The number of rotatable bonds is 4. The summed E-state index contributed by atoms with van der Waals surface area (Å²) in [6.45, 7) is 5.24. The van der Waals surface area contributed by atoms with Crippen LogP contribution in [0.5, 0.6) is 11.8 Å². The van der Waals surface area contributed by atoms with Crippen molar-refractivity contribution in [3.8, 4) is 29.0 Å². The minimum Gasteiger partial charge on any atom is -0.490 e. The third kappa shape index (κ3) is 6.97. The van der Waals surface area contributed by atoms with Crippen LogP contribution in [0.2, 0.25) is 0 Å². The van der Waals surface area contributed by atoms with Crippen LogP contribution in [0.3, 0.4) is 0 Å². The van der Waals surface area contributed by atoms with Crippen molar-refractivity contribution in [3.05, 3.63) is 58.5 Å². The number of fused-ring (bicyclic) bond motifs is 2. The number of methoxy groups -OCH3 is 1. The van der Waals surface area contributed by atoms with Crippen molar-refractivity contribution in [3.63, 3.8) is 0 Å². The van der Waals surface area contributed by atoms with Gasteiger partial charge in [-0.3, -0.25) is 4.90 Å². The lowest BCUT2D eigenvalue weighted by molar-refractivity contribution is -0.138. The number of ether oxygens (including phenoxy) is 2. The first kappa shape index (κ1) is 38.6. The van der Waals surface area contributed by atoms with Crippen molar-refractivity contribution < 1.29 is 40.2 Å². The normalized spacial score (nSPS) is 17.9. The Morgan fingerprint density at radius 1 is 1.11 bits per heavy atom. The van der Waals surface area contributed by atoms with Crippen LogP contribution >= 0.6 is 11.3 Å². The second kappa shape index (κ2) is 15.3. The van der Waals surface area contributed by atoms with E-state index in [1.807, 2.05) is 13.8 Å². The fourth-order valence-corrected chi connectivity index (χ4v) is 8.08. The highest BCUT2D eigenvalue weighted by atomic mass is 32.1. The maximum Gasteiger partial charge on any atom is 0.420 e. The Morgan fingerprint density at radius 3 is 2.56 bits per heavy atom. The van der Waals surface area contributed by atoms with E-state index in [4.69, 9.17) is 20.9 Å². The fourth-order valence-electron chi connectivity index (χ4n) is 7.13. The summed E-state index contributed by atoms with van der Waals surface area (Å²) in [5.74, 6) is -4.03. The van der Waals surface area contributed by atoms with Gasteiger partial charge in [0.15, 0.2) is 5.82 Å². The van der Waals surface area contributed by atoms with Gasteiger partial charge in [-0.05, 0) is 43.5 Å². The molecule has 2 atom stereocenters. The lowest BCUT2D eigenvalue weighted by Gasteiger charge is -2.24. The second-order valence-electron chi connectivity index (χ2n) is 12.5. The maximum absolute atomic E-state index is 16.7. The largest absolute Gasteiger partial charge is 0.490 e. The summed E-state index contributed by atoms with van der Waals surface area (Å²) in [5, 5.41) is 8.84. The molecular formula is C36H35F7N8O2S. The number of nitriles is 1. The van der Waals surface area contributed by atoms with E-state index in [-0.39, 0.29) is 57.5 Å². The second-order valence-corrected chi connectivity index (χ2v) is 13.5. The molecule has 0 saturated carbocycles. The number of alkyl halides is 4. The first-order valence-corrected chi connectivity index (χ1v) is 17.9. The molecule has 6 heterocycles. The molecule has 286 valence electrons. The molecule has 0 aliphatic carbocycles. The number of benzene rings is 2. The molecule has 3 aliphatic rings. The van der Waals surface area contributed by atoms with Gasteiger partial charge in [0.1, 0.15) is 63.9 Å². The van der Waals surface area contributed by atoms with Crippen molar-refractivity contribution in [2.75, 3.05) is 49.7 Å². The number of nitrogens with zero attached hydrogens (tertiary/aromatic N) is 6. The zero-order valence-corrected chi connectivity index (χ0v) is 30.1. The molecule has 3 aliphatic heterocycles. The number of halogens is 7. The van der Waals surface area contributed by atoms with Crippen LogP contribution < -0.4 is 25.8 Å². The van der Waals surface area contributed by atoms with E-state index in [1.54, 1.807) is 6.07 Å². The van der Waals surface area contributed by atoms with Crippen LogP contribution in [0.25, 0.3) is 32.1 Å². The van der Waals surface area contributed by atoms with E-state index in [2.05, 4.69) is 19.9 Å². The van der Waals surface area contributed by atoms with Crippen molar-refractivity contribution in [2.45, 2.75) is 58.0 Å². The molecule has 2 fully saturated rings. The van der Waals surface area contributed by atoms with Gasteiger partial charge in [-0.2, -0.15) is 28.4 Å².